The van der Waals surface area contributed by atoms with Gasteiger partial charge in [-0.25, -0.2) is 4.79 Å². The van der Waals surface area contributed by atoms with Crippen LogP contribution < -0.4 is 10.1 Å². The number of anilines is 1. The van der Waals surface area contributed by atoms with E-state index in [1.807, 2.05) is 6.07 Å². The number of hydrogen-bond donors (Lipinski definition) is 1. The van der Waals surface area contributed by atoms with Gasteiger partial charge in [0.2, 0.25) is 0 Å². The Morgan fingerprint density at radius 2 is 1.76 bits per heavy atom. The van der Waals surface area contributed by atoms with Crippen molar-refractivity contribution >= 4 is 40.9 Å². The molecule has 0 atom stereocenters. The van der Waals surface area contributed by atoms with Gasteiger partial charge in [0.25, 0.3) is 11.6 Å². The number of amides is 1. The van der Waals surface area contributed by atoms with Crippen LogP contribution in [0.3, 0.4) is 0 Å². The first-order valence-corrected chi connectivity index (χ1v) is 9.90. The van der Waals surface area contributed by atoms with E-state index in [4.69, 9.17) is 16.3 Å². The van der Waals surface area contributed by atoms with Gasteiger partial charge in [-0.05, 0) is 60.5 Å². The highest BCUT2D eigenvalue weighted by Gasteiger charge is 2.14. The van der Waals surface area contributed by atoms with Gasteiger partial charge in [0.15, 0.2) is 0 Å². The van der Waals surface area contributed by atoms with Crippen molar-refractivity contribution in [2.45, 2.75) is 6.92 Å². The quantitative estimate of drug-likeness (QED) is 0.132. The molecule has 164 valence electrons. The third kappa shape index (κ3) is 6.03. The summed E-state index contributed by atoms with van der Waals surface area (Å²) >= 11 is 5.81. The number of hydrogen-bond acceptors (Lipinski definition) is 6. The Morgan fingerprint density at radius 1 is 1.09 bits per heavy atom. The number of aryl methyl sites for hydroxylation is 1. The Hall–Kier alpha value is -4.48. The molecule has 0 saturated heterocycles. The lowest BCUT2D eigenvalue weighted by Gasteiger charge is -2.08. The van der Waals surface area contributed by atoms with Crippen LogP contribution in [0, 0.1) is 28.4 Å². The monoisotopic (exact) mass is 461 g/mol. The number of ether oxygens (including phenoxy) is 1. The zero-order chi connectivity index (χ0) is 24.0. The van der Waals surface area contributed by atoms with Gasteiger partial charge < -0.3 is 10.1 Å². The molecule has 8 nitrogen and oxygen atoms in total. The second-order valence-electron chi connectivity index (χ2n) is 6.85. The van der Waals surface area contributed by atoms with Gasteiger partial charge in [-0.3, -0.25) is 14.9 Å². The molecular formula is C24H16ClN3O5. The number of nitrogens with one attached hydrogen (secondary N) is 1. The van der Waals surface area contributed by atoms with Crippen molar-refractivity contribution in [2.24, 2.45) is 0 Å². The third-order valence-corrected chi connectivity index (χ3v) is 4.78. The van der Waals surface area contributed by atoms with Crippen molar-refractivity contribution in [3.8, 4) is 11.8 Å². The Balaban J connectivity index is 1.72. The molecule has 0 unspecified atom stereocenters. The minimum absolute atomic E-state index is 0.179. The Labute approximate surface area is 193 Å². The predicted octanol–water partition coefficient (Wildman–Crippen LogP) is 5.32. The average Bonchev–Trinajstić information content (AvgIpc) is 2.80. The summed E-state index contributed by atoms with van der Waals surface area (Å²) in [7, 11) is 0. The van der Waals surface area contributed by atoms with Crippen LogP contribution in [0.15, 0.2) is 72.3 Å². The molecule has 0 heterocycles. The van der Waals surface area contributed by atoms with Crippen molar-refractivity contribution in [1.29, 1.82) is 5.26 Å². The Kier molecular flexibility index (Phi) is 7.18. The number of nitrogens with zero attached hydrogens (tertiary/aromatic N) is 2. The molecule has 0 aliphatic heterocycles. The molecular weight excluding hydrogens is 446 g/mol. The molecule has 3 aromatic carbocycles. The molecule has 0 bridgehead atoms. The molecule has 3 aromatic rings. The highest BCUT2D eigenvalue weighted by molar-refractivity contribution is 6.30. The molecule has 0 aliphatic carbocycles. The standard InChI is InChI=1S/C24H16ClN3O5/c1-15-2-9-20(28(31)32)13-22(15)27-23(29)18(14-26)12-16-3-10-21(11-4-16)33-24(30)17-5-7-19(25)8-6-17/h2-13H,1H3,(H,27,29)/b18-12+. The van der Waals surface area contributed by atoms with Crippen LogP contribution >= 0.6 is 11.6 Å². The number of halogens is 1. The zero-order valence-electron chi connectivity index (χ0n) is 17.2. The molecule has 9 heteroatoms. The predicted molar refractivity (Wildman–Crippen MR) is 123 cm³/mol. The summed E-state index contributed by atoms with van der Waals surface area (Å²) in [5.74, 6) is -0.985. The Bertz CT molecular complexity index is 1290. The molecule has 0 spiro atoms. The summed E-state index contributed by atoms with van der Waals surface area (Å²) in [6.45, 7) is 1.68. The second kappa shape index (κ2) is 10.2. The van der Waals surface area contributed by atoms with Crippen molar-refractivity contribution in [1.82, 2.24) is 0 Å². The van der Waals surface area contributed by atoms with Gasteiger partial charge in [0.1, 0.15) is 17.4 Å². The van der Waals surface area contributed by atoms with Crippen LogP contribution in [0.5, 0.6) is 5.75 Å². The van der Waals surface area contributed by atoms with Crippen molar-refractivity contribution in [3.63, 3.8) is 0 Å². The number of carbonyl (C=O) groups excluding carboxylic acids is 2. The largest absolute Gasteiger partial charge is 0.423 e. The summed E-state index contributed by atoms with van der Waals surface area (Å²) in [6, 6.07) is 18.3. The van der Waals surface area contributed by atoms with E-state index in [9.17, 15) is 25.0 Å². The van der Waals surface area contributed by atoms with E-state index in [1.165, 1.54) is 36.4 Å². The maximum atomic E-state index is 12.5. The van der Waals surface area contributed by atoms with Crippen LogP contribution in [0.25, 0.3) is 6.08 Å². The smallest absolute Gasteiger partial charge is 0.343 e. The number of benzene rings is 3. The van der Waals surface area contributed by atoms with E-state index in [0.717, 1.165) is 0 Å². The zero-order valence-corrected chi connectivity index (χ0v) is 18.0. The number of nitriles is 1. The fourth-order valence-corrected chi connectivity index (χ4v) is 2.87. The minimum Gasteiger partial charge on any atom is -0.423 e. The van der Waals surface area contributed by atoms with Crippen LogP contribution in [-0.4, -0.2) is 16.8 Å². The lowest BCUT2D eigenvalue weighted by molar-refractivity contribution is -0.384. The SMILES string of the molecule is Cc1ccc([N+](=O)[O-])cc1NC(=O)/C(C#N)=C/c1ccc(OC(=O)c2ccc(Cl)cc2)cc1. The topological polar surface area (TPSA) is 122 Å². The molecule has 0 saturated carbocycles. The summed E-state index contributed by atoms with van der Waals surface area (Å²) in [5, 5.41) is 23.4. The van der Waals surface area contributed by atoms with Gasteiger partial charge in [-0.15, -0.1) is 0 Å². The second-order valence-corrected chi connectivity index (χ2v) is 7.28. The third-order valence-electron chi connectivity index (χ3n) is 4.53. The van der Waals surface area contributed by atoms with Gasteiger partial charge in [-0.1, -0.05) is 29.8 Å². The fourth-order valence-electron chi connectivity index (χ4n) is 2.75. The van der Waals surface area contributed by atoms with Crippen LogP contribution in [0.4, 0.5) is 11.4 Å². The van der Waals surface area contributed by atoms with E-state index in [1.54, 1.807) is 43.3 Å². The molecule has 0 radical (unpaired) electrons. The Morgan fingerprint density at radius 3 is 2.36 bits per heavy atom. The lowest BCUT2D eigenvalue weighted by Crippen LogP contribution is -2.14. The normalized spacial score (nSPS) is 10.8. The van der Waals surface area contributed by atoms with Gasteiger partial charge in [-0.2, -0.15) is 5.26 Å². The number of esters is 1. The maximum Gasteiger partial charge on any atom is 0.343 e. The van der Waals surface area contributed by atoms with E-state index in [0.29, 0.717) is 21.7 Å². The number of non-ortho nitro benzene ring substituents is 1. The van der Waals surface area contributed by atoms with E-state index < -0.39 is 16.8 Å². The van der Waals surface area contributed by atoms with Crippen LogP contribution in [0.2, 0.25) is 5.02 Å². The highest BCUT2D eigenvalue weighted by Crippen LogP contribution is 2.23. The summed E-state index contributed by atoms with van der Waals surface area (Å²) < 4.78 is 5.29. The average molecular weight is 462 g/mol. The molecule has 0 aromatic heterocycles. The molecule has 0 fully saturated rings. The number of nitro benzene ring substituents is 1. The summed E-state index contributed by atoms with van der Waals surface area (Å²) in [6.07, 6.45) is 1.35. The first kappa shape index (κ1) is 23.2. The highest BCUT2D eigenvalue weighted by atomic mass is 35.5. The van der Waals surface area contributed by atoms with E-state index in [-0.39, 0.29) is 22.7 Å². The van der Waals surface area contributed by atoms with E-state index >= 15 is 0 Å². The molecule has 3 rings (SSSR count). The van der Waals surface area contributed by atoms with E-state index in [2.05, 4.69) is 5.32 Å². The van der Waals surface area contributed by atoms with Crippen molar-refractivity contribution in [3.05, 3.63) is 104 Å². The van der Waals surface area contributed by atoms with Gasteiger partial charge >= 0.3 is 5.97 Å². The lowest BCUT2D eigenvalue weighted by atomic mass is 10.1. The number of nitro groups is 1. The molecule has 0 aliphatic rings. The van der Waals surface area contributed by atoms with Crippen molar-refractivity contribution in [2.75, 3.05) is 5.32 Å². The number of carbonyl (C=O) groups is 2. The van der Waals surface area contributed by atoms with Gasteiger partial charge in [0.05, 0.1) is 16.2 Å². The first-order chi connectivity index (χ1) is 15.8. The molecule has 33 heavy (non-hydrogen) atoms. The molecule has 1 amide bonds. The van der Waals surface area contributed by atoms with Crippen LogP contribution in [0.1, 0.15) is 21.5 Å². The first-order valence-electron chi connectivity index (χ1n) is 9.53. The number of rotatable bonds is 6. The maximum absolute atomic E-state index is 12.5. The molecule has 1 N–H and O–H groups in total. The van der Waals surface area contributed by atoms with Crippen molar-refractivity contribution < 1.29 is 19.2 Å². The fraction of sp³-hybridized carbons (Fsp3) is 0.0417. The van der Waals surface area contributed by atoms with Crippen LogP contribution in [-0.2, 0) is 4.79 Å². The summed E-state index contributed by atoms with van der Waals surface area (Å²) in [4.78, 5) is 35.1. The summed E-state index contributed by atoms with van der Waals surface area (Å²) in [5.41, 5.74) is 1.32. The van der Waals surface area contributed by atoms with Gasteiger partial charge in [0, 0.05) is 17.2 Å². The minimum atomic E-state index is -0.709.